The van der Waals surface area contributed by atoms with E-state index in [-0.39, 0.29) is 24.1 Å². The molecule has 0 atom stereocenters. The zero-order valence-electron chi connectivity index (χ0n) is 11.0. The number of methoxy groups -OCH3 is 1. The van der Waals surface area contributed by atoms with Crippen molar-refractivity contribution in [3.05, 3.63) is 28.2 Å². The van der Waals surface area contributed by atoms with Crippen LogP contribution in [0.2, 0.25) is 0 Å². The van der Waals surface area contributed by atoms with Gasteiger partial charge in [-0.1, -0.05) is 15.9 Å². The van der Waals surface area contributed by atoms with E-state index in [0.29, 0.717) is 4.47 Å². The molecule has 7 heteroatoms. The van der Waals surface area contributed by atoms with Crippen LogP contribution in [0.25, 0.3) is 0 Å². The first-order valence-electron chi connectivity index (χ1n) is 5.76. The van der Waals surface area contributed by atoms with Gasteiger partial charge in [-0.15, -0.1) is 0 Å². The van der Waals surface area contributed by atoms with Crippen LogP contribution >= 0.6 is 23.5 Å². The first-order chi connectivity index (χ1) is 8.98. The Morgan fingerprint density at radius 3 is 2.32 bits per heavy atom. The van der Waals surface area contributed by atoms with E-state index < -0.39 is 13.6 Å². The summed E-state index contributed by atoms with van der Waals surface area (Å²) in [6, 6.07) is 4.75. The molecule has 19 heavy (non-hydrogen) atoms. The number of benzene rings is 1. The Bertz CT molecular complexity index is 493. The number of hydrogen-bond acceptors (Lipinski definition) is 5. The van der Waals surface area contributed by atoms with Gasteiger partial charge >= 0.3 is 13.6 Å². The Hall–Kier alpha value is -0.680. The molecule has 0 aliphatic carbocycles. The molecule has 0 fully saturated rings. The Balaban J connectivity index is 3.38. The molecule has 0 N–H and O–H groups in total. The Morgan fingerprint density at radius 2 is 1.84 bits per heavy atom. The molecule has 1 aromatic carbocycles. The van der Waals surface area contributed by atoms with Crippen molar-refractivity contribution in [3.8, 4) is 0 Å². The van der Waals surface area contributed by atoms with Crippen molar-refractivity contribution < 1.29 is 23.1 Å². The predicted molar refractivity (Wildman–Crippen MR) is 76.0 cm³/mol. The van der Waals surface area contributed by atoms with Crippen LogP contribution < -0.4 is 5.30 Å². The van der Waals surface area contributed by atoms with Crippen LogP contribution in [-0.2, 0) is 18.3 Å². The second-order valence-corrected chi connectivity index (χ2v) is 6.39. The fourth-order valence-electron chi connectivity index (χ4n) is 1.54. The SMILES string of the molecule is CCOP(=O)(OCC)c1ccc(Br)cc1C(=O)OC. The average Bonchev–Trinajstić information content (AvgIpc) is 2.38. The van der Waals surface area contributed by atoms with Gasteiger partial charge in [-0.3, -0.25) is 4.57 Å². The van der Waals surface area contributed by atoms with Gasteiger partial charge in [-0.25, -0.2) is 4.79 Å². The molecule has 0 heterocycles. The monoisotopic (exact) mass is 350 g/mol. The molecule has 0 saturated heterocycles. The number of halogens is 1. The molecular weight excluding hydrogens is 335 g/mol. The molecule has 0 aliphatic heterocycles. The maximum absolute atomic E-state index is 12.7. The van der Waals surface area contributed by atoms with Crippen LogP contribution in [0.4, 0.5) is 0 Å². The number of ether oxygens (including phenoxy) is 1. The van der Waals surface area contributed by atoms with Gasteiger partial charge < -0.3 is 13.8 Å². The van der Waals surface area contributed by atoms with E-state index >= 15 is 0 Å². The van der Waals surface area contributed by atoms with Crippen molar-refractivity contribution in [2.45, 2.75) is 13.8 Å². The Morgan fingerprint density at radius 1 is 1.26 bits per heavy atom. The van der Waals surface area contributed by atoms with Crippen LogP contribution in [0.1, 0.15) is 24.2 Å². The Kier molecular flexibility index (Phi) is 6.20. The van der Waals surface area contributed by atoms with Gasteiger partial charge in [0.05, 0.1) is 31.2 Å². The van der Waals surface area contributed by atoms with Crippen LogP contribution in [-0.4, -0.2) is 26.3 Å². The minimum absolute atomic E-state index is 0.169. The second kappa shape index (κ2) is 7.20. The van der Waals surface area contributed by atoms with Crippen molar-refractivity contribution >= 4 is 34.8 Å². The summed E-state index contributed by atoms with van der Waals surface area (Å²) in [5.74, 6) is -0.587. The summed E-state index contributed by atoms with van der Waals surface area (Å²) >= 11 is 3.26. The van der Waals surface area contributed by atoms with E-state index in [9.17, 15) is 9.36 Å². The molecule has 0 bridgehead atoms. The summed E-state index contributed by atoms with van der Waals surface area (Å²) < 4.78 is 28.6. The molecule has 0 aliphatic rings. The van der Waals surface area contributed by atoms with Crippen molar-refractivity contribution in [1.29, 1.82) is 0 Å². The van der Waals surface area contributed by atoms with Gasteiger partial charge in [-0.05, 0) is 32.0 Å². The third-order valence-corrected chi connectivity index (χ3v) is 4.93. The maximum atomic E-state index is 12.7. The molecule has 106 valence electrons. The lowest BCUT2D eigenvalue weighted by Crippen LogP contribution is -2.20. The zero-order valence-corrected chi connectivity index (χ0v) is 13.5. The van der Waals surface area contributed by atoms with E-state index in [4.69, 9.17) is 13.8 Å². The second-order valence-electron chi connectivity index (χ2n) is 3.49. The maximum Gasteiger partial charge on any atom is 0.362 e. The Labute approximate surface area is 120 Å². The minimum atomic E-state index is -3.52. The topological polar surface area (TPSA) is 61.8 Å². The minimum Gasteiger partial charge on any atom is -0.465 e. The molecule has 0 radical (unpaired) electrons. The summed E-state index contributed by atoms with van der Waals surface area (Å²) in [7, 11) is -2.25. The van der Waals surface area contributed by atoms with Crippen molar-refractivity contribution in [3.63, 3.8) is 0 Å². The van der Waals surface area contributed by atoms with Crippen LogP contribution in [0.5, 0.6) is 0 Å². The lowest BCUT2D eigenvalue weighted by atomic mass is 10.2. The summed E-state index contributed by atoms with van der Waals surface area (Å²) in [6.07, 6.45) is 0. The van der Waals surface area contributed by atoms with Gasteiger partial charge in [0, 0.05) is 4.47 Å². The van der Waals surface area contributed by atoms with Gasteiger partial charge in [0.15, 0.2) is 0 Å². The van der Waals surface area contributed by atoms with Gasteiger partial charge in [0.25, 0.3) is 0 Å². The molecule has 0 unspecified atom stereocenters. The summed E-state index contributed by atoms with van der Waals surface area (Å²) in [4.78, 5) is 11.8. The number of esters is 1. The quantitative estimate of drug-likeness (QED) is 0.582. The lowest BCUT2D eigenvalue weighted by molar-refractivity contribution is 0.0601. The molecule has 0 aromatic heterocycles. The number of hydrogen-bond donors (Lipinski definition) is 0. The zero-order chi connectivity index (χ0) is 14.5. The van der Waals surface area contributed by atoms with Gasteiger partial charge in [0.2, 0.25) is 0 Å². The van der Waals surface area contributed by atoms with Crippen LogP contribution in [0, 0.1) is 0 Å². The molecule has 5 nitrogen and oxygen atoms in total. The van der Waals surface area contributed by atoms with Gasteiger partial charge in [0.1, 0.15) is 0 Å². The third-order valence-electron chi connectivity index (χ3n) is 2.26. The molecule has 0 amide bonds. The fraction of sp³-hybridized carbons (Fsp3) is 0.417. The van der Waals surface area contributed by atoms with E-state index in [1.54, 1.807) is 26.0 Å². The normalized spacial score (nSPS) is 11.4. The summed E-state index contributed by atoms with van der Waals surface area (Å²) in [6.45, 7) is 3.85. The van der Waals surface area contributed by atoms with Gasteiger partial charge in [-0.2, -0.15) is 0 Å². The number of carbonyl (C=O) groups is 1. The fourth-order valence-corrected chi connectivity index (χ4v) is 3.64. The largest absolute Gasteiger partial charge is 0.465 e. The first-order valence-corrected chi connectivity index (χ1v) is 8.09. The first kappa shape index (κ1) is 16.4. The molecule has 1 aromatic rings. The highest BCUT2D eigenvalue weighted by Gasteiger charge is 2.32. The molecule has 0 spiro atoms. The van der Waals surface area contributed by atoms with Crippen LogP contribution in [0.3, 0.4) is 0 Å². The lowest BCUT2D eigenvalue weighted by Gasteiger charge is -2.19. The van der Waals surface area contributed by atoms with E-state index in [1.165, 1.54) is 13.2 Å². The molecule has 0 saturated carbocycles. The highest BCUT2D eigenvalue weighted by Crippen LogP contribution is 2.48. The van der Waals surface area contributed by atoms with Crippen LogP contribution in [0.15, 0.2) is 22.7 Å². The third kappa shape index (κ3) is 3.89. The highest BCUT2D eigenvalue weighted by atomic mass is 79.9. The van der Waals surface area contributed by atoms with Crippen molar-refractivity contribution in [1.82, 2.24) is 0 Å². The predicted octanol–water partition coefficient (Wildman–Crippen LogP) is 3.13. The molecular formula is C12H16BrO5P. The average molecular weight is 351 g/mol. The number of rotatable bonds is 6. The standard InChI is InChI=1S/C12H16BrO5P/c1-4-17-19(15,18-5-2)11-7-6-9(13)8-10(11)12(14)16-3/h6-8H,4-5H2,1-3H3. The van der Waals surface area contributed by atoms with Crippen molar-refractivity contribution in [2.24, 2.45) is 0 Å². The summed E-state index contributed by atoms with van der Waals surface area (Å²) in [5, 5.41) is 0.214. The van der Waals surface area contributed by atoms with Crippen molar-refractivity contribution in [2.75, 3.05) is 20.3 Å². The molecule has 1 rings (SSSR count). The van der Waals surface area contributed by atoms with E-state index in [2.05, 4.69) is 15.9 Å². The van der Waals surface area contributed by atoms with E-state index in [0.717, 1.165) is 0 Å². The smallest absolute Gasteiger partial charge is 0.362 e. The van der Waals surface area contributed by atoms with E-state index in [1.807, 2.05) is 0 Å². The summed E-state index contributed by atoms with van der Waals surface area (Å²) in [5.41, 5.74) is 0.169. The number of carbonyl (C=O) groups excluding carboxylic acids is 1. The highest BCUT2D eigenvalue weighted by molar-refractivity contribution is 9.10.